The van der Waals surface area contributed by atoms with E-state index in [0.29, 0.717) is 5.02 Å². The van der Waals surface area contributed by atoms with Crippen LogP contribution in [0.25, 0.3) is 11.0 Å². The van der Waals surface area contributed by atoms with Crippen LogP contribution >= 0.6 is 11.6 Å². The van der Waals surface area contributed by atoms with Gasteiger partial charge in [0, 0.05) is 12.5 Å². The predicted octanol–water partition coefficient (Wildman–Crippen LogP) is 3.92. The summed E-state index contributed by atoms with van der Waals surface area (Å²) in [6.45, 7) is 6.48. The number of hydrogen-bond donors (Lipinski definition) is 1. The highest BCUT2D eigenvalue weighted by Gasteiger charge is 2.26. The Morgan fingerprint density at radius 1 is 1.45 bits per heavy atom. The fourth-order valence-corrected chi connectivity index (χ4v) is 2.67. The molecule has 4 nitrogen and oxygen atoms in total. The molecule has 0 fully saturated rings. The van der Waals surface area contributed by atoms with E-state index in [0.717, 1.165) is 29.8 Å². The number of nitrogens with zero attached hydrogens (tertiary/aromatic N) is 2. The molecule has 0 spiro atoms. The van der Waals surface area contributed by atoms with Crippen LogP contribution in [0.5, 0.6) is 0 Å². The number of benzene rings is 1. The summed E-state index contributed by atoms with van der Waals surface area (Å²) in [6.07, 6.45) is 0.942. The number of hydrogen-bond acceptors (Lipinski definition) is 2. The molecule has 1 N–H and O–H groups in total. The van der Waals surface area contributed by atoms with E-state index >= 15 is 0 Å². The molecule has 5 heteroatoms. The molecule has 108 valence electrons. The number of aliphatic carboxylic acids is 1. The van der Waals surface area contributed by atoms with Crippen LogP contribution in [-0.2, 0) is 11.3 Å². The van der Waals surface area contributed by atoms with Gasteiger partial charge in [-0.3, -0.25) is 4.79 Å². The molecule has 2 unspecified atom stereocenters. The Kier molecular flexibility index (Phi) is 4.33. The fourth-order valence-electron chi connectivity index (χ4n) is 2.39. The Labute approximate surface area is 123 Å². The normalized spacial score (nSPS) is 14.4. The molecule has 20 heavy (non-hydrogen) atoms. The lowest BCUT2D eigenvalue weighted by molar-refractivity contribution is -0.141. The van der Waals surface area contributed by atoms with Gasteiger partial charge in [-0.25, -0.2) is 4.98 Å². The summed E-state index contributed by atoms with van der Waals surface area (Å²) in [5, 5.41) is 9.86. The third kappa shape index (κ3) is 2.52. The van der Waals surface area contributed by atoms with E-state index in [9.17, 15) is 9.90 Å². The molecular formula is C15H19ClN2O2. The second-order valence-corrected chi connectivity index (χ2v) is 5.55. The fraction of sp³-hybridized carbons (Fsp3) is 0.467. The van der Waals surface area contributed by atoms with E-state index in [1.165, 1.54) is 0 Å². The Balaban J connectivity index is 2.60. The van der Waals surface area contributed by atoms with Crippen LogP contribution < -0.4 is 0 Å². The summed E-state index contributed by atoms with van der Waals surface area (Å²) in [5.41, 5.74) is 1.72. The summed E-state index contributed by atoms with van der Waals surface area (Å²) < 4.78 is 2.06. The number of carbonyl (C=O) groups is 1. The van der Waals surface area contributed by atoms with Gasteiger partial charge in [-0.15, -0.1) is 0 Å². The van der Waals surface area contributed by atoms with Gasteiger partial charge >= 0.3 is 5.97 Å². The van der Waals surface area contributed by atoms with Gasteiger partial charge in [-0.1, -0.05) is 38.4 Å². The van der Waals surface area contributed by atoms with Crippen LogP contribution in [0.2, 0.25) is 5.02 Å². The van der Waals surface area contributed by atoms with Crippen molar-refractivity contribution in [2.45, 2.75) is 39.7 Å². The summed E-state index contributed by atoms with van der Waals surface area (Å²) in [7, 11) is 0. The molecule has 2 atom stereocenters. The van der Waals surface area contributed by atoms with Crippen molar-refractivity contribution in [1.82, 2.24) is 9.55 Å². The molecule has 0 radical (unpaired) electrons. The summed E-state index contributed by atoms with van der Waals surface area (Å²) >= 11 is 6.28. The standard InChI is InChI=1S/C15H19ClN2O2/c1-4-8-18-13-11(16)6-5-7-12(13)17-14(18)9(2)10(3)15(19)20/h5-7,9-10H,4,8H2,1-3H3,(H,19,20). The summed E-state index contributed by atoms with van der Waals surface area (Å²) in [6, 6.07) is 5.62. The largest absolute Gasteiger partial charge is 0.481 e. The van der Waals surface area contributed by atoms with Gasteiger partial charge in [0.1, 0.15) is 5.82 Å². The number of carboxylic acid groups (broad SMARTS) is 1. The summed E-state index contributed by atoms with van der Waals surface area (Å²) in [4.78, 5) is 15.8. The van der Waals surface area contributed by atoms with E-state index in [2.05, 4.69) is 16.5 Å². The number of fused-ring (bicyclic) bond motifs is 1. The second kappa shape index (κ2) is 5.83. The van der Waals surface area contributed by atoms with Crippen LogP contribution in [0.3, 0.4) is 0 Å². The highest BCUT2D eigenvalue weighted by Crippen LogP contribution is 2.31. The van der Waals surface area contributed by atoms with Crippen LogP contribution in [0.15, 0.2) is 18.2 Å². The SMILES string of the molecule is CCCn1c(C(C)C(C)C(=O)O)nc2cccc(Cl)c21. The van der Waals surface area contributed by atoms with Gasteiger partial charge in [0.05, 0.1) is 22.0 Å². The monoisotopic (exact) mass is 294 g/mol. The van der Waals surface area contributed by atoms with Crippen molar-refractivity contribution in [3.05, 3.63) is 29.0 Å². The number of aryl methyl sites for hydroxylation is 1. The third-order valence-corrected chi connectivity index (χ3v) is 4.05. The van der Waals surface area contributed by atoms with Crippen molar-refractivity contribution in [2.24, 2.45) is 5.92 Å². The minimum atomic E-state index is -0.807. The number of para-hydroxylation sites is 1. The molecule has 1 heterocycles. The van der Waals surface area contributed by atoms with E-state index in [1.54, 1.807) is 6.92 Å². The van der Waals surface area contributed by atoms with Crippen molar-refractivity contribution >= 4 is 28.6 Å². The Hall–Kier alpha value is -1.55. The first kappa shape index (κ1) is 14.9. The van der Waals surface area contributed by atoms with Gasteiger partial charge in [-0.2, -0.15) is 0 Å². The predicted molar refractivity (Wildman–Crippen MR) is 80.2 cm³/mol. The minimum absolute atomic E-state index is 0.164. The van der Waals surface area contributed by atoms with Gasteiger partial charge in [0.25, 0.3) is 0 Å². The number of rotatable bonds is 5. The first-order valence-corrected chi connectivity index (χ1v) is 7.22. The Bertz CT molecular complexity index is 636. The number of carboxylic acids is 1. The molecule has 2 rings (SSSR count). The molecule has 0 aliphatic rings. The van der Waals surface area contributed by atoms with Crippen LogP contribution in [-0.4, -0.2) is 20.6 Å². The van der Waals surface area contributed by atoms with Gasteiger partial charge in [-0.05, 0) is 18.6 Å². The quantitative estimate of drug-likeness (QED) is 0.909. The highest BCUT2D eigenvalue weighted by atomic mass is 35.5. The van der Waals surface area contributed by atoms with Crippen molar-refractivity contribution in [3.8, 4) is 0 Å². The lowest BCUT2D eigenvalue weighted by atomic mass is 9.95. The number of aromatic nitrogens is 2. The van der Waals surface area contributed by atoms with E-state index in [-0.39, 0.29) is 5.92 Å². The maximum absolute atomic E-state index is 11.2. The maximum Gasteiger partial charge on any atom is 0.306 e. The lowest BCUT2D eigenvalue weighted by Gasteiger charge is -2.17. The van der Waals surface area contributed by atoms with Crippen molar-refractivity contribution < 1.29 is 9.90 Å². The first-order valence-electron chi connectivity index (χ1n) is 6.84. The molecule has 0 saturated heterocycles. The smallest absolute Gasteiger partial charge is 0.306 e. The average Bonchev–Trinajstić information content (AvgIpc) is 2.77. The van der Waals surface area contributed by atoms with Crippen LogP contribution in [0, 0.1) is 5.92 Å². The first-order chi connectivity index (χ1) is 9.47. The zero-order chi connectivity index (χ0) is 14.9. The molecule has 1 aromatic heterocycles. The zero-order valence-electron chi connectivity index (χ0n) is 11.9. The van der Waals surface area contributed by atoms with E-state index in [4.69, 9.17) is 11.6 Å². The van der Waals surface area contributed by atoms with Crippen molar-refractivity contribution in [2.75, 3.05) is 0 Å². The molecular weight excluding hydrogens is 276 g/mol. The lowest BCUT2D eigenvalue weighted by Crippen LogP contribution is -2.20. The molecule has 0 bridgehead atoms. The van der Waals surface area contributed by atoms with Gasteiger partial charge in [0.2, 0.25) is 0 Å². The maximum atomic E-state index is 11.2. The topological polar surface area (TPSA) is 55.1 Å². The van der Waals surface area contributed by atoms with Crippen molar-refractivity contribution in [1.29, 1.82) is 0 Å². The Morgan fingerprint density at radius 2 is 2.15 bits per heavy atom. The van der Waals surface area contributed by atoms with E-state index < -0.39 is 11.9 Å². The average molecular weight is 295 g/mol. The summed E-state index contributed by atoms with van der Waals surface area (Å²) in [5.74, 6) is -0.660. The zero-order valence-corrected chi connectivity index (χ0v) is 12.7. The number of halogens is 1. The second-order valence-electron chi connectivity index (χ2n) is 5.14. The Morgan fingerprint density at radius 3 is 2.75 bits per heavy atom. The molecule has 2 aromatic rings. The molecule has 0 aliphatic heterocycles. The molecule has 0 aliphatic carbocycles. The van der Waals surface area contributed by atoms with Gasteiger partial charge < -0.3 is 9.67 Å². The highest BCUT2D eigenvalue weighted by molar-refractivity contribution is 6.35. The molecule has 0 saturated carbocycles. The van der Waals surface area contributed by atoms with Crippen LogP contribution in [0.1, 0.15) is 38.9 Å². The third-order valence-electron chi connectivity index (χ3n) is 3.74. The number of imidazole rings is 1. The molecule has 1 aromatic carbocycles. The molecule has 0 amide bonds. The van der Waals surface area contributed by atoms with E-state index in [1.807, 2.05) is 25.1 Å². The van der Waals surface area contributed by atoms with Gasteiger partial charge in [0.15, 0.2) is 0 Å². The van der Waals surface area contributed by atoms with Crippen LogP contribution in [0.4, 0.5) is 0 Å². The minimum Gasteiger partial charge on any atom is -0.481 e. The van der Waals surface area contributed by atoms with Crippen molar-refractivity contribution in [3.63, 3.8) is 0 Å².